The maximum Gasteiger partial charge on any atom is 0.224 e. The van der Waals surface area contributed by atoms with Gasteiger partial charge in [-0.15, -0.1) is 0 Å². The molecule has 4 nitrogen and oxygen atoms in total. The van der Waals surface area contributed by atoms with E-state index < -0.39 is 5.60 Å². The zero-order valence-electron chi connectivity index (χ0n) is 8.29. The van der Waals surface area contributed by atoms with Crippen molar-refractivity contribution in [2.75, 3.05) is 19.6 Å². The van der Waals surface area contributed by atoms with Gasteiger partial charge < -0.3 is 15.7 Å². The summed E-state index contributed by atoms with van der Waals surface area (Å²) in [4.78, 5) is 12.9. The SMILES string of the molecule is CC(C)C1(O)CN(C(=O)CCN)C1. The smallest absolute Gasteiger partial charge is 0.224 e. The molecule has 0 aromatic rings. The molecule has 3 N–H and O–H groups in total. The standard InChI is InChI=1S/C9H18N2O2/c1-7(2)9(13)5-11(6-9)8(12)3-4-10/h7,13H,3-6,10H2,1-2H3. The molecule has 0 unspecified atom stereocenters. The largest absolute Gasteiger partial charge is 0.386 e. The van der Waals surface area contributed by atoms with Crippen molar-refractivity contribution >= 4 is 5.91 Å². The summed E-state index contributed by atoms with van der Waals surface area (Å²) in [5.41, 5.74) is 4.60. The second kappa shape index (κ2) is 3.64. The molecule has 0 radical (unpaired) electrons. The molecule has 0 aromatic heterocycles. The molecule has 76 valence electrons. The summed E-state index contributed by atoms with van der Waals surface area (Å²) in [6, 6.07) is 0. The molecule has 13 heavy (non-hydrogen) atoms. The van der Waals surface area contributed by atoms with Crippen molar-refractivity contribution in [3.63, 3.8) is 0 Å². The van der Waals surface area contributed by atoms with Gasteiger partial charge in [-0.1, -0.05) is 13.8 Å². The van der Waals surface area contributed by atoms with Crippen LogP contribution in [0.25, 0.3) is 0 Å². The highest BCUT2D eigenvalue weighted by Crippen LogP contribution is 2.28. The number of likely N-dealkylation sites (tertiary alicyclic amines) is 1. The monoisotopic (exact) mass is 186 g/mol. The molecule has 1 saturated heterocycles. The van der Waals surface area contributed by atoms with Crippen LogP contribution in [0, 0.1) is 5.92 Å². The van der Waals surface area contributed by atoms with E-state index in [-0.39, 0.29) is 11.8 Å². The average Bonchev–Trinajstić information content (AvgIpc) is 1.98. The number of hydrogen-bond acceptors (Lipinski definition) is 3. The summed E-state index contributed by atoms with van der Waals surface area (Å²) in [5.74, 6) is 0.252. The molecule has 1 fully saturated rings. The third kappa shape index (κ3) is 2.00. The van der Waals surface area contributed by atoms with Gasteiger partial charge in [0.05, 0.1) is 13.1 Å². The van der Waals surface area contributed by atoms with E-state index in [9.17, 15) is 9.90 Å². The maximum absolute atomic E-state index is 11.3. The molecule has 1 rings (SSSR count). The fourth-order valence-electron chi connectivity index (χ4n) is 1.44. The predicted molar refractivity (Wildman–Crippen MR) is 50.0 cm³/mol. The molecule has 1 amide bonds. The van der Waals surface area contributed by atoms with Crippen LogP contribution in [-0.4, -0.2) is 41.1 Å². The lowest BCUT2D eigenvalue weighted by Crippen LogP contribution is -2.66. The second-order valence-electron chi connectivity index (χ2n) is 4.05. The predicted octanol–water partition coefficient (Wildman–Crippen LogP) is -0.435. The lowest BCUT2D eigenvalue weighted by Gasteiger charge is -2.49. The van der Waals surface area contributed by atoms with E-state index in [2.05, 4.69) is 0 Å². The van der Waals surface area contributed by atoms with Gasteiger partial charge in [-0.05, 0) is 5.92 Å². The van der Waals surface area contributed by atoms with Gasteiger partial charge in [0.1, 0.15) is 5.60 Å². The lowest BCUT2D eigenvalue weighted by atomic mass is 9.83. The van der Waals surface area contributed by atoms with Crippen LogP contribution in [0.15, 0.2) is 0 Å². The number of nitrogens with zero attached hydrogens (tertiary/aromatic N) is 1. The Kier molecular flexibility index (Phi) is 2.93. The van der Waals surface area contributed by atoms with Gasteiger partial charge in [0, 0.05) is 13.0 Å². The molecule has 0 atom stereocenters. The molecular weight excluding hydrogens is 168 g/mol. The van der Waals surface area contributed by atoms with Gasteiger partial charge >= 0.3 is 0 Å². The van der Waals surface area contributed by atoms with Crippen LogP contribution in [0.4, 0.5) is 0 Å². The number of β-amino-alcohol motifs (C(OH)–C–C–N with tert-alkyl or cyclic N) is 1. The molecule has 1 aliphatic heterocycles. The van der Waals surface area contributed by atoms with Gasteiger partial charge in [0.2, 0.25) is 5.91 Å². The maximum atomic E-state index is 11.3. The van der Waals surface area contributed by atoms with Crippen molar-refractivity contribution in [1.29, 1.82) is 0 Å². The Balaban J connectivity index is 2.36. The van der Waals surface area contributed by atoms with Crippen molar-refractivity contribution in [2.45, 2.75) is 25.9 Å². The van der Waals surface area contributed by atoms with E-state index in [0.29, 0.717) is 26.1 Å². The van der Waals surface area contributed by atoms with Crippen LogP contribution < -0.4 is 5.73 Å². The number of rotatable bonds is 3. The van der Waals surface area contributed by atoms with Crippen molar-refractivity contribution in [2.24, 2.45) is 11.7 Å². The Hall–Kier alpha value is -0.610. The van der Waals surface area contributed by atoms with Crippen molar-refractivity contribution < 1.29 is 9.90 Å². The summed E-state index contributed by atoms with van der Waals surface area (Å²) in [7, 11) is 0. The zero-order chi connectivity index (χ0) is 10.1. The minimum absolute atomic E-state index is 0.0489. The van der Waals surface area contributed by atoms with E-state index in [1.807, 2.05) is 13.8 Å². The molecular formula is C9H18N2O2. The van der Waals surface area contributed by atoms with Crippen molar-refractivity contribution in [3.8, 4) is 0 Å². The molecule has 1 aliphatic rings. The number of hydrogen-bond donors (Lipinski definition) is 2. The number of carbonyl (C=O) groups excluding carboxylic acids is 1. The first-order valence-corrected chi connectivity index (χ1v) is 4.70. The number of carbonyl (C=O) groups is 1. The van der Waals surface area contributed by atoms with Gasteiger partial charge in [0.25, 0.3) is 0 Å². The van der Waals surface area contributed by atoms with E-state index in [1.54, 1.807) is 4.90 Å². The molecule has 0 saturated carbocycles. The first-order chi connectivity index (χ1) is 5.99. The summed E-state index contributed by atoms with van der Waals surface area (Å²) in [6.45, 7) is 5.23. The highest BCUT2D eigenvalue weighted by Gasteiger charge is 2.45. The van der Waals surface area contributed by atoms with Crippen LogP contribution >= 0.6 is 0 Å². The van der Waals surface area contributed by atoms with E-state index in [0.717, 1.165) is 0 Å². The molecule has 0 spiro atoms. The van der Waals surface area contributed by atoms with Crippen LogP contribution in [0.1, 0.15) is 20.3 Å². The highest BCUT2D eigenvalue weighted by molar-refractivity contribution is 5.77. The van der Waals surface area contributed by atoms with Crippen molar-refractivity contribution in [1.82, 2.24) is 4.90 Å². The summed E-state index contributed by atoms with van der Waals surface area (Å²) < 4.78 is 0. The van der Waals surface area contributed by atoms with Crippen LogP contribution in [-0.2, 0) is 4.79 Å². The fraction of sp³-hybridized carbons (Fsp3) is 0.889. The van der Waals surface area contributed by atoms with Gasteiger partial charge in [0.15, 0.2) is 0 Å². The average molecular weight is 186 g/mol. The minimum atomic E-state index is -0.662. The molecule has 0 aliphatic carbocycles. The van der Waals surface area contributed by atoms with Crippen LogP contribution in [0.2, 0.25) is 0 Å². The zero-order valence-corrected chi connectivity index (χ0v) is 8.29. The first-order valence-electron chi connectivity index (χ1n) is 4.70. The van der Waals surface area contributed by atoms with Gasteiger partial charge in [-0.3, -0.25) is 4.79 Å². The third-order valence-electron chi connectivity index (χ3n) is 2.71. The van der Waals surface area contributed by atoms with Gasteiger partial charge in [-0.2, -0.15) is 0 Å². The molecule has 1 heterocycles. The molecule has 0 aromatic carbocycles. The fourth-order valence-corrected chi connectivity index (χ4v) is 1.44. The quantitative estimate of drug-likeness (QED) is 0.628. The highest BCUT2D eigenvalue weighted by atomic mass is 16.3. The normalized spacial score (nSPS) is 20.2. The second-order valence-corrected chi connectivity index (χ2v) is 4.05. The Labute approximate surface area is 78.7 Å². The van der Waals surface area contributed by atoms with Crippen LogP contribution in [0.5, 0.6) is 0 Å². The molecule has 0 bridgehead atoms. The Morgan fingerprint density at radius 2 is 2.15 bits per heavy atom. The minimum Gasteiger partial charge on any atom is -0.386 e. The number of nitrogens with two attached hydrogens (primary N) is 1. The van der Waals surface area contributed by atoms with Crippen molar-refractivity contribution in [3.05, 3.63) is 0 Å². The van der Waals surface area contributed by atoms with Crippen LogP contribution in [0.3, 0.4) is 0 Å². The Morgan fingerprint density at radius 3 is 2.54 bits per heavy atom. The summed E-state index contributed by atoms with van der Waals surface area (Å²) in [5, 5.41) is 9.85. The van der Waals surface area contributed by atoms with E-state index in [4.69, 9.17) is 5.73 Å². The summed E-state index contributed by atoms with van der Waals surface area (Å²) in [6.07, 6.45) is 0.383. The summed E-state index contributed by atoms with van der Waals surface area (Å²) >= 11 is 0. The molecule has 4 heteroatoms. The van der Waals surface area contributed by atoms with E-state index >= 15 is 0 Å². The van der Waals surface area contributed by atoms with Gasteiger partial charge in [-0.25, -0.2) is 0 Å². The Bertz CT molecular complexity index is 198. The number of aliphatic hydroxyl groups is 1. The first kappa shape index (κ1) is 10.5. The number of amides is 1. The lowest BCUT2D eigenvalue weighted by molar-refractivity contribution is -0.163. The topological polar surface area (TPSA) is 66.6 Å². The third-order valence-corrected chi connectivity index (χ3v) is 2.71. The van der Waals surface area contributed by atoms with E-state index in [1.165, 1.54) is 0 Å². The Morgan fingerprint density at radius 1 is 1.62 bits per heavy atom.